The minimum absolute atomic E-state index is 0.153. The fourth-order valence-corrected chi connectivity index (χ4v) is 3.30. The molecule has 0 saturated carbocycles. The highest BCUT2D eigenvalue weighted by molar-refractivity contribution is 9.11. The Kier molecular flexibility index (Phi) is 4.29. The largest absolute Gasteiger partial charge is 0.265 e. The van der Waals surface area contributed by atoms with E-state index in [1.807, 2.05) is 12.1 Å². The summed E-state index contributed by atoms with van der Waals surface area (Å²) in [7, 11) is 0. The number of rotatable bonds is 3. The molecule has 0 aliphatic rings. The van der Waals surface area contributed by atoms with Gasteiger partial charge in [-0.2, -0.15) is 0 Å². The molecule has 0 amide bonds. The van der Waals surface area contributed by atoms with Crippen LogP contribution >= 0.6 is 31.9 Å². The van der Waals surface area contributed by atoms with E-state index in [0.717, 1.165) is 16.5 Å². The van der Waals surface area contributed by atoms with Crippen molar-refractivity contribution in [1.82, 2.24) is 4.98 Å². The Morgan fingerprint density at radius 1 is 1.18 bits per heavy atom. The summed E-state index contributed by atoms with van der Waals surface area (Å²) in [4.78, 5) is 4.13. The third-order valence-electron chi connectivity index (χ3n) is 2.46. The van der Waals surface area contributed by atoms with Crippen LogP contribution in [-0.4, -0.2) is 4.98 Å². The van der Waals surface area contributed by atoms with E-state index in [1.54, 1.807) is 18.5 Å². The molecule has 0 bridgehead atoms. The molecule has 0 radical (unpaired) electrons. The molecule has 0 saturated heterocycles. The second kappa shape index (κ2) is 5.74. The van der Waals surface area contributed by atoms with E-state index in [-0.39, 0.29) is 10.6 Å². The van der Waals surface area contributed by atoms with Gasteiger partial charge in [0.2, 0.25) is 0 Å². The highest BCUT2D eigenvalue weighted by atomic mass is 79.9. The Morgan fingerprint density at radius 2 is 1.88 bits per heavy atom. The summed E-state index contributed by atoms with van der Waals surface area (Å²) in [6.45, 7) is 0. The molecule has 0 aliphatic carbocycles. The Balaban J connectivity index is 2.17. The Labute approximate surface area is 116 Å². The number of halogens is 3. The van der Waals surface area contributed by atoms with Gasteiger partial charge in [-0.1, -0.05) is 37.9 Å². The first-order valence-corrected chi connectivity index (χ1v) is 6.85. The van der Waals surface area contributed by atoms with Crippen molar-refractivity contribution in [1.29, 1.82) is 0 Å². The Bertz CT molecular complexity index is 502. The Hall–Kier alpha value is -0.740. The SMILES string of the molecule is Fc1ccc(C(Br)Cc2ccncc2)c(Br)c1. The normalized spacial score (nSPS) is 12.4. The zero-order valence-corrected chi connectivity index (χ0v) is 12.1. The minimum atomic E-state index is -0.232. The summed E-state index contributed by atoms with van der Waals surface area (Å²) < 4.78 is 13.8. The average molecular weight is 359 g/mol. The van der Waals surface area contributed by atoms with Crippen molar-refractivity contribution in [3.63, 3.8) is 0 Å². The van der Waals surface area contributed by atoms with Crippen LogP contribution in [0.2, 0.25) is 0 Å². The van der Waals surface area contributed by atoms with Gasteiger partial charge in [-0.05, 0) is 41.8 Å². The van der Waals surface area contributed by atoms with Gasteiger partial charge in [-0.3, -0.25) is 4.98 Å². The lowest BCUT2D eigenvalue weighted by atomic mass is 10.1. The van der Waals surface area contributed by atoms with Crippen molar-refractivity contribution >= 4 is 31.9 Å². The molecule has 4 heteroatoms. The highest BCUT2D eigenvalue weighted by Crippen LogP contribution is 2.32. The predicted octanol–water partition coefficient (Wildman–Crippen LogP) is 4.66. The van der Waals surface area contributed by atoms with Gasteiger partial charge in [0, 0.05) is 21.7 Å². The maximum absolute atomic E-state index is 13.0. The zero-order chi connectivity index (χ0) is 12.3. The number of hydrogen-bond donors (Lipinski definition) is 0. The van der Waals surface area contributed by atoms with Crippen LogP contribution in [0.4, 0.5) is 4.39 Å². The lowest BCUT2D eigenvalue weighted by Crippen LogP contribution is -1.97. The van der Waals surface area contributed by atoms with Gasteiger partial charge in [-0.15, -0.1) is 0 Å². The minimum Gasteiger partial charge on any atom is -0.265 e. The second-order valence-corrected chi connectivity index (χ2v) is 5.65. The molecule has 17 heavy (non-hydrogen) atoms. The third-order valence-corrected chi connectivity index (χ3v) is 3.97. The predicted molar refractivity (Wildman–Crippen MR) is 73.7 cm³/mol. The van der Waals surface area contributed by atoms with E-state index in [1.165, 1.54) is 17.7 Å². The molecule has 2 rings (SSSR count). The van der Waals surface area contributed by atoms with Crippen LogP contribution < -0.4 is 0 Å². The number of alkyl halides is 1. The zero-order valence-electron chi connectivity index (χ0n) is 8.91. The van der Waals surface area contributed by atoms with Crippen LogP contribution in [0, 0.1) is 5.82 Å². The van der Waals surface area contributed by atoms with Gasteiger partial charge in [0.1, 0.15) is 5.82 Å². The van der Waals surface area contributed by atoms with E-state index in [9.17, 15) is 4.39 Å². The smallest absolute Gasteiger partial charge is 0.124 e. The van der Waals surface area contributed by atoms with E-state index in [4.69, 9.17) is 0 Å². The topological polar surface area (TPSA) is 12.9 Å². The van der Waals surface area contributed by atoms with Crippen LogP contribution in [0.15, 0.2) is 47.2 Å². The first kappa shape index (κ1) is 12.7. The number of nitrogens with zero attached hydrogens (tertiary/aromatic N) is 1. The molecular weight excluding hydrogens is 349 g/mol. The molecule has 88 valence electrons. The summed E-state index contributed by atoms with van der Waals surface area (Å²) in [6.07, 6.45) is 4.39. The first-order valence-electron chi connectivity index (χ1n) is 5.15. The van der Waals surface area contributed by atoms with Gasteiger partial charge in [0.25, 0.3) is 0 Å². The molecule has 1 unspecified atom stereocenters. The van der Waals surface area contributed by atoms with Crippen LogP contribution in [0.5, 0.6) is 0 Å². The summed E-state index contributed by atoms with van der Waals surface area (Å²) in [5.74, 6) is -0.232. The summed E-state index contributed by atoms with van der Waals surface area (Å²) in [5, 5.41) is 0. The molecule has 0 fully saturated rings. The van der Waals surface area contributed by atoms with E-state index in [0.29, 0.717) is 0 Å². The molecule has 1 heterocycles. The fraction of sp³-hybridized carbons (Fsp3) is 0.154. The van der Waals surface area contributed by atoms with Crippen LogP contribution in [0.3, 0.4) is 0 Å². The van der Waals surface area contributed by atoms with Gasteiger partial charge >= 0.3 is 0 Å². The first-order chi connectivity index (χ1) is 8.16. The molecule has 1 aromatic heterocycles. The lowest BCUT2D eigenvalue weighted by Gasteiger charge is -2.12. The summed E-state index contributed by atoms with van der Waals surface area (Å²) in [5.41, 5.74) is 2.24. The highest BCUT2D eigenvalue weighted by Gasteiger charge is 2.12. The lowest BCUT2D eigenvalue weighted by molar-refractivity contribution is 0.626. The van der Waals surface area contributed by atoms with Crippen LogP contribution in [0.25, 0.3) is 0 Å². The van der Waals surface area contributed by atoms with Crippen molar-refractivity contribution < 1.29 is 4.39 Å². The maximum atomic E-state index is 13.0. The number of hydrogen-bond acceptors (Lipinski definition) is 1. The van der Waals surface area contributed by atoms with Crippen molar-refractivity contribution in [2.45, 2.75) is 11.2 Å². The maximum Gasteiger partial charge on any atom is 0.124 e. The molecule has 1 aromatic carbocycles. The molecule has 0 spiro atoms. The second-order valence-electron chi connectivity index (χ2n) is 3.69. The van der Waals surface area contributed by atoms with Crippen molar-refractivity contribution in [3.8, 4) is 0 Å². The van der Waals surface area contributed by atoms with Crippen molar-refractivity contribution in [2.24, 2.45) is 0 Å². The number of aromatic nitrogens is 1. The van der Waals surface area contributed by atoms with Crippen LogP contribution in [-0.2, 0) is 6.42 Å². The van der Waals surface area contributed by atoms with E-state index >= 15 is 0 Å². The van der Waals surface area contributed by atoms with Gasteiger partial charge in [0.05, 0.1) is 0 Å². The molecule has 0 aliphatic heterocycles. The van der Waals surface area contributed by atoms with E-state index in [2.05, 4.69) is 36.8 Å². The van der Waals surface area contributed by atoms with Gasteiger partial charge in [-0.25, -0.2) is 4.39 Å². The summed E-state index contributed by atoms with van der Waals surface area (Å²) in [6, 6.07) is 8.70. The average Bonchev–Trinajstić information content (AvgIpc) is 2.30. The standard InChI is InChI=1S/C13H10Br2FN/c14-12(7-9-3-5-17-6-4-9)11-2-1-10(16)8-13(11)15/h1-6,8,12H,7H2. The van der Waals surface area contributed by atoms with Crippen molar-refractivity contribution in [3.05, 3.63) is 64.1 Å². The number of benzene rings is 1. The molecule has 1 nitrogen and oxygen atoms in total. The third kappa shape index (κ3) is 3.36. The van der Waals surface area contributed by atoms with Crippen LogP contribution in [0.1, 0.15) is 16.0 Å². The molecule has 0 N–H and O–H groups in total. The van der Waals surface area contributed by atoms with Gasteiger partial charge in [0.15, 0.2) is 0 Å². The quantitative estimate of drug-likeness (QED) is 0.727. The molecule has 2 aromatic rings. The van der Waals surface area contributed by atoms with Crippen molar-refractivity contribution in [2.75, 3.05) is 0 Å². The molecular formula is C13H10Br2FN. The Morgan fingerprint density at radius 3 is 2.53 bits per heavy atom. The molecule has 1 atom stereocenters. The fourth-order valence-electron chi connectivity index (χ4n) is 1.59. The number of pyridine rings is 1. The summed E-state index contributed by atoms with van der Waals surface area (Å²) >= 11 is 7.00. The van der Waals surface area contributed by atoms with Gasteiger partial charge < -0.3 is 0 Å². The monoisotopic (exact) mass is 357 g/mol. The van der Waals surface area contributed by atoms with E-state index < -0.39 is 0 Å².